The topological polar surface area (TPSA) is 62.2 Å². The highest BCUT2D eigenvalue weighted by atomic mass is 32.1. The molecule has 4 nitrogen and oxygen atoms in total. The van der Waals surface area contributed by atoms with Crippen LogP contribution in [-0.2, 0) is 0 Å². The van der Waals surface area contributed by atoms with E-state index in [0.29, 0.717) is 5.13 Å². The maximum atomic E-state index is 12.5. The number of amides is 1. The van der Waals surface area contributed by atoms with Crippen molar-refractivity contribution in [2.75, 3.05) is 5.32 Å². The predicted molar refractivity (Wildman–Crippen MR) is 97.9 cm³/mol. The van der Waals surface area contributed by atoms with E-state index in [4.69, 9.17) is 0 Å². The summed E-state index contributed by atoms with van der Waals surface area (Å²) in [5, 5.41) is 15.3. The lowest BCUT2D eigenvalue weighted by molar-refractivity contribution is 0.102. The zero-order chi connectivity index (χ0) is 16.7. The number of carbonyl (C=O) groups is 1. The number of anilines is 1. The van der Waals surface area contributed by atoms with Gasteiger partial charge in [0, 0.05) is 0 Å². The summed E-state index contributed by atoms with van der Waals surface area (Å²) < 4.78 is 1.02. The van der Waals surface area contributed by atoms with Crippen molar-refractivity contribution in [3.8, 4) is 5.75 Å². The minimum Gasteiger partial charge on any atom is -0.507 e. The summed E-state index contributed by atoms with van der Waals surface area (Å²) >= 11 is 1.42. The van der Waals surface area contributed by atoms with Crippen LogP contribution < -0.4 is 5.32 Å². The number of para-hydroxylation sites is 1. The first-order valence-electron chi connectivity index (χ1n) is 7.51. The van der Waals surface area contributed by atoms with E-state index >= 15 is 0 Å². The van der Waals surface area contributed by atoms with Gasteiger partial charge in [0.05, 0.1) is 15.8 Å². The van der Waals surface area contributed by atoms with E-state index in [1.807, 2.05) is 49.4 Å². The summed E-state index contributed by atoms with van der Waals surface area (Å²) in [7, 11) is 0. The summed E-state index contributed by atoms with van der Waals surface area (Å²) in [6.07, 6.45) is 0. The van der Waals surface area contributed by atoms with Crippen molar-refractivity contribution in [1.82, 2.24) is 4.98 Å². The third-order valence-electron chi connectivity index (χ3n) is 3.95. The van der Waals surface area contributed by atoms with Gasteiger partial charge in [-0.2, -0.15) is 0 Å². The number of carbonyl (C=O) groups excluding carboxylic acids is 1. The summed E-state index contributed by atoms with van der Waals surface area (Å²) in [5.74, 6) is -0.404. The number of rotatable bonds is 2. The maximum Gasteiger partial charge on any atom is 0.261 e. The Morgan fingerprint density at radius 2 is 1.83 bits per heavy atom. The SMILES string of the molecule is Cc1cccc2sc(NC(=O)c3cc4ccccc4cc3O)nc12. The van der Waals surface area contributed by atoms with E-state index in [2.05, 4.69) is 10.3 Å². The number of aromatic hydroxyl groups is 1. The van der Waals surface area contributed by atoms with Crippen LogP contribution in [0, 0.1) is 6.92 Å². The first-order chi connectivity index (χ1) is 11.6. The molecule has 118 valence electrons. The van der Waals surface area contributed by atoms with Gasteiger partial charge in [-0.1, -0.05) is 47.7 Å². The molecule has 3 aromatic carbocycles. The average molecular weight is 334 g/mol. The summed E-state index contributed by atoms with van der Waals surface area (Å²) in [4.78, 5) is 17.0. The highest BCUT2D eigenvalue weighted by Gasteiger charge is 2.15. The number of aromatic nitrogens is 1. The molecule has 0 aliphatic heterocycles. The maximum absolute atomic E-state index is 12.5. The molecular weight excluding hydrogens is 320 g/mol. The van der Waals surface area contributed by atoms with E-state index in [9.17, 15) is 9.90 Å². The summed E-state index contributed by atoms with van der Waals surface area (Å²) in [5.41, 5.74) is 2.20. The molecule has 2 N–H and O–H groups in total. The molecule has 0 aliphatic carbocycles. The molecule has 0 bridgehead atoms. The zero-order valence-corrected chi connectivity index (χ0v) is 13.7. The number of aryl methyl sites for hydroxylation is 1. The van der Waals surface area contributed by atoms with Gasteiger partial charge in [0.2, 0.25) is 0 Å². The van der Waals surface area contributed by atoms with Gasteiger partial charge in [-0.25, -0.2) is 4.98 Å². The fourth-order valence-corrected chi connectivity index (χ4v) is 3.65. The van der Waals surface area contributed by atoms with Gasteiger partial charge in [-0.15, -0.1) is 0 Å². The number of nitrogens with zero attached hydrogens (tertiary/aromatic N) is 1. The second-order valence-electron chi connectivity index (χ2n) is 5.61. The number of fused-ring (bicyclic) bond motifs is 2. The van der Waals surface area contributed by atoms with Crippen molar-refractivity contribution in [2.24, 2.45) is 0 Å². The molecule has 24 heavy (non-hydrogen) atoms. The van der Waals surface area contributed by atoms with Crippen LogP contribution in [0.15, 0.2) is 54.6 Å². The number of nitrogens with one attached hydrogen (secondary N) is 1. The lowest BCUT2D eigenvalue weighted by atomic mass is 10.1. The first kappa shape index (κ1) is 14.7. The van der Waals surface area contributed by atoms with Crippen LogP contribution in [-0.4, -0.2) is 16.0 Å². The van der Waals surface area contributed by atoms with E-state index in [0.717, 1.165) is 26.6 Å². The van der Waals surface area contributed by atoms with Crippen LogP contribution in [0.5, 0.6) is 5.75 Å². The van der Waals surface area contributed by atoms with E-state index in [1.165, 1.54) is 11.3 Å². The molecule has 1 amide bonds. The van der Waals surface area contributed by atoms with Gasteiger partial charge in [0.25, 0.3) is 5.91 Å². The molecule has 5 heteroatoms. The van der Waals surface area contributed by atoms with Gasteiger partial charge in [-0.3, -0.25) is 10.1 Å². The van der Waals surface area contributed by atoms with Crippen LogP contribution in [0.3, 0.4) is 0 Å². The van der Waals surface area contributed by atoms with Crippen molar-refractivity contribution >= 4 is 43.4 Å². The highest BCUT2D eigenvalue weighted by Crippen LogP contribution is 2.30. The largest absolute Gasteiger partial charge is 0.507 e. The molecule has 0 atom stereocenters. The molecule has 0 spiro atoms. The zero-order valence-electron chi connectivity index (χ0n) is 12.9. The average Bonchev–Trinajstić information content (AvgIpc) is 2.98. The molecule has 0 saturated heterocycles. The van der Waals surface area contributed by atoms with Crippen LogP contribution >= 0.6 is 11.3 Å². The molecular formula is C19H14N2O2S. The monoisotopic (exact) mass is 334 g/mol. The second kappa shape index (κ2) is 5.62. The van der Waals surface area contributed by atoms with Crippen LogP contribution in [0.4, 0.5) is 5.13 Å². The molecule has 0 aliphatic rings. The van der Waals surface area contributed by atoms with Gasteiger partial charge in [0.1, 0.15) is 5.75 Å². The Bertz CT molecular complexity index is 1090. The van der Waals surface area contributed by atoms with Crippen molar-refractivity contribution in [3.63, 3.8) is 0 Å². The first-order valence-corrected chi connectivity index (χ1v) is 8.33. The molecule has 0 saturated carbocycles. The number of phenols is 1. The van der Waals surface area contributed by atoms with E-state index in [1.54, 1.807) is 12.1 Å². The molecule has 1 aromatic heterocycles. The Morgan fingerprint density at radius 1 is 1.08 bits per heavy atom. The standard InChI is InChI=1S/C19H14N2O2S/c1-11-5-4-8-16-17(11)20-19(24-16)21-18(23)14-9-12-6-2-3-7-13(12)10-15(14)22/h2-10,22H,1H3,(H,20,21,23). The van der Waals surface area contributed by atoms with Crippen molar-refractivity contribution < 1.29 is 9.90 Å². The fourth-order valence-electron chi connectivity index (χ4n) is 2.71. The van der Waals surface area contributed by atoms with Crippen molar-refractivity contribution in [2.45, 2.75) is 6.92 Å². The Balaban J connectivity index is 1.70. The quantitative estimate of drug-likeness (QED) is 0.558. The van der Waals surface area contributed by atoms with Gasteiger partial charge in [-0.05, 0) is 41.5 Å². The van der Waals surface area contributed by atoms with Crippen molar-refractivity contribution in [1.29, 1.82) is 0 Å². The van der Waals surface area contributed by atoms with Gasteiger partial charge in [0.15, 0.2) is 5.13 Å². The fraction of sp³-hybridized carbons (Fsp3) is 0.0526. The number of phenolic OH excluding ortho intramolecular Hbond substituents is 1. The van der Waals surface area contributed by atoms with Gasteiger partial charge >= 0.3 is 0 Å². The minimum absolute atomic E-state index is 0.0384. The van der Waals surface area contributed by atoms with E-state index < -0.39 is 0 Å². The van der Waals surface area contributed by atoms with Crippen LogP contribution in [0.1, 0.15) is 15.9 Å². The molecule has 0 fully saturated rings. The lowest BCUT2D eigenvalue weighted by Crippen LogP contribution is -2.11. The number of hydrogen-bond donors (Lipinski definition) is 2. The number of benzene rings is 3. The molecule has 1 heterocycles. The molecule has 4 aromatic rings. The predicted octanol–water partition coefficient (Wildman–Crippen LogP) is 4.72. The van der Waals surface area contributed by atoms with Crippen LogP contribution in [0.25, 0.3) is 21.0 Å². The number of hydrogen-bond acceptors (Lipinski definition) is 4. The summed E-state index contributed by atoms with van der Waals surface area (Å²) in [6, 6.07) is 16.8. The Morgan fingerprint density at radius 3 is 2.58 bits per heavy atom. The minimum atomic E-state index is -0.366. The normalized spacial score (nSPS) is 11.0. The molecule has 4 rings (SSSR count). The van der Waals surface area contributed by atoms with Crippen molar-refractivity contribution in [3.05, 3.63) is 65.7 Å². The highest BCUT2D eigenvalue weighted by molar-refractivity contribution is 7.22. The summed E-state index contributed by atoms with van der Waals surface area (Å²) in [6.45, 7) is 1.99. The second-order valence-corrected chi connectivity index (χ2v) is 6.64. The Kier molecular flexibility index (Phi) is 3.43. The lowest BCUT2D eigenvalue weighted by Gasteiger charge is -2.06. The third kappa shape index (κ3) is 2.49. The number of thiazole rings is 1. The van der Waals surface area contributed by atoms with Crippen LogP contribution in [0.2, 0.25) is 0 Å². The van der Waals surface area contributed by atoms with E-state index in [-0.39, 0.29) is 17.2 Å². The molecule has 0 radical (unpaired) electrons. The Hall–Kier alpha value is -2.92. The third-order valence-corrected chi connectivity index (χ3v) is 4.89. The smallest absolute Gasteiger partial charge is 0.261 e. The van der Waals surface area contributed by atoms with Gasteiger partial charge < -0.3 is 5.11 Å². The molecule has 0 unspecified atom stereocenters. The Labute approximate surface area is 142 Å².